The van der Waals surface area contributed by atoms with Gasteiger partial charge >= 0.3 is 0 Å². The van der Waals surface area contributed by atoms with Crippen molar-refractivity contribution in [3.63, 3.8) is 0 Å². The first kappa shape index (κ1) is 5.25. The first-order valence-electron chi connectivity index (χ1n) is 1.74. The first-order valence-corrected chi connectivity index (χ1v) is 3.81. The standard InChI is InChI=1S/C4H3BrOS/c5-4-1-2-7(6)3-4/h1-3H. The molecule has 0 spiro atoms. The van der Waals surface area contributed by atoms with Crippen LogP contribution < -0.4 is 0 Å². The average Bonchev–Trinajstić information content (AvgIpc) is 1.87. The Kier molecular flexibility index (Phi) is 1.44. The van der Waals surface area contributed by atoms with Gasteiger partial charge in [-0.05, 0) is 6.08 Å². The molecule has 0 bridgehead atoms. The van der Waals surface area contributed by atoms with E-state index in [1.165, 1.54) is 0 Å². The summed E-state index contributed by atoms with van der Waals surface area (Å²) in [6.07, 6.45) is 1.77. The van der Waals surface area contributed by atoms with E-state index in [1.807, 2.05) is 0 Å². The molecular formula is C4H3BrOS. The molecule has 0 saturated heterocycles. The second-order valence-electron chi connectivity index (χ2n) is 1.13. The highest BCUT2D eigenvalue weighted by Gasteiger charge is 1.96. The second kappa shape index (κ2) is 1.92. The summed E-state index contributed by atoms with van der Waals surface area (Å²) in [7, 11) is -0.842. The summed E-state index contributed by atoms with van der Waals surface area (Å²) >= 11 is 3.16. The van der Waals surface area contributed by atoms with E-state index in [4.69, 9.17) is 0 Å². The molecule has 1 rings (SSSR count). The van der Waals surface area contributed by atoms with Crippen LogP contribution in [0, 0.1) is 0 Å². The molecule has 0 radical (unpaired) electrons. The molecule has 0 fully saturated rings. The van der Waals surface area contributed by atoms with Crippen LogP contribution in [0.15, 0.2) is 21.4 Å². The van der Waals surface area contributed by atoms with Gasteiger partial charge in [-0.2, -0.15) is 0 Å². The van der Waals surface area contributed by atoms with Crippen molar-refractivity contribution in [1.29, 1.82) is 0 Å². The molecular weight excluding hydrogens is 176 g/mol. The minimum Gasteiger partial charge on any atom is -0.250 e. The summed E-state index contributed by atoms with van der Waals surface area (Å²) in [5.41, 5.74) is 0. The van der Waals surface area contributed by atoms with Gasteiger partial charge in [-0.25, -0.2) is 0 Å². The first-order chi connectivity index (χ1) is 3.29. The fraction of sp³-hybridized carbons (Fsp3) is 0. The molecule has 0 amide bonds. The zero-order valence-electron chi connectivity index (χ0n) is 3.43. The molecule has 1 aliphatic heterocycles. The van der Waals surface area contributed by atoms with Crippen molar-refractivity contribution < 1.29 is 4.21 Å². The maximum atomic E-state index is 10.4. The van der Waals surface area contributed by atoms with E-state index in [2.05, 4.69) is 15.9 Å². The van der Waals surface area contributed by atoms with Gasteiger partial charge < -0.3 is 0 Å². The van der Waals surface area contributed by atoms with E-state index in [1.54, 1.807) is 16.9 Å². The Morgan fingerprint density at radius 3 is 2.57 bits per heavy atom. The third kappa shape index (κ3) is 1.24. The molecule has 0 N–H and O–H groups in total. The van der Waals surface area contributed by atoms with Gasteiger partial charge in [0.15, 0.2) is 0 Å². The van der Waals surface area contributed by atoms with Crippen molar-refractivity contribution >= 4 is 26.7 Å². The summed E-state index contributed by atoms with van der Waals surface area (Å²) in [6.45, 7) is 0. The molecule has 0 aromatic rings. The second-order valence-corrected chi connectivity index (χ2v) is 3.21. The van der Waals surface area contributed by atoms with Crippen LogP contribution in [0.4, 0.5) is 0 Å². The van der Waals surface area contributed by atoms with Gasteiger partial charge in [0.05, 0.1) is 10.8 Å². The van der Waals surface area contributed by atoms with E-state index in [0.717, 1.165) is 4.48 Å². The molecule has 0 aromatic carbocycles. The smallest absolute Gasteiger partial charge is 0.0714 e. The van der Waals surface area contributed by atoms with E-state index < -0.39 is 10.8 Å². The minimum absolute atomic E-state index is 0.842. The average molecular weight is 179 g/mol. The number of rotatable bonds is 0. The van der Waals surface area contributed by atoms with E-state index >= 15 is 0 Å². The van der Waals surface area contributed by atoms with Gasteiger partial charge in [0.1, 0.15) is 0 Å². The Labute approximate surface area is 52.7 Å². The van der Waals surface area contributed by atoms with E-state index in [-0.39, 0.29) is 0 Å². The largest absolute Gasteiger partial charge is 0.250 e. The lowest BCUT2D eigenvalue weighted by molar-refractivity contribution is 0.693. The van der Waals surface area contributed by atoms with Crippen molar-refractivity contribution in [2.45, 2.75) is 0 Å². The van der Waals surface area contributed by atoms with Gasteiger partial charge in [-0.15, -0.1) is 0 Å². The Morgan fingerprint density at radius 2 is 2.43 bits per heavy atom. The Balaban J connectivity index is 2.88. The highest BCUT2D eigenvalue weighted by atomic mass is 79.9. The maximum absolute atomic E-state index is 10.4. The van der Waals surface area contributed by atoms with Gasteiger partial charge in [0, 0.05) is 15.3 Å². The third-order valence-electron chi connectivity index (χ3n) is 0.590. The normalized spacial score (nSPS) is 28.1. The molecule has 0 saturated carbocycles. The Bertz CT molecular complexity index is 159. The maximum Gasteiger partial charge on any atom is 0.0714 e. The molecule has 1 atom stereocenters. The van der Waals surface area contributed by atoms with Gasteiger partial charge in [-0.3, -0.25) is 4.21 Å². The summed E-state index contributed by atoms with van der Waals surface area (Å²) in [5.74, 6) is 0. The molecule has 1 unspecified atom stereocenters. The van der Waals surface area contributed by atoms with Crippen LogP contribution in [0.5, 0.6) is 0 Å². The third-order valence-corrected chi connectivity index (χ3v) is 2.28. The number of hydrogen-bond donors (Lipinski definition) is 0. The lowest BCUT2D eigenvalue weighted by Crippen LogP contribution is -1.64. The van der Waals surface area contributed by atoms with Crippen molar-refractivity contribution in [2.24, 2.45) is 0 Å². The summed E-state index contributed by atoms with van der Waals surface area (Å²) in [4.78, 5) is 0. The number of allylic oxidation sites excluding steroid dienone is 2. The van der Waals surface area contributed by atoms with Crippen LogP contribution in [-0.2, 0) is 10.8 Å². The fourth-order valence-corrected chi connectivity index (χ4v) is 1.84. The Morgan fingerprint density at radius 1 is 1.71 bits per heavy atom. The number of halogens is 1. The van der Waals surface area contributed by atoms with Gasteiger partial charge in [0.25, 0.3) is 0 Å². The zero-order valence-corrected chi connectivity index (χ0v) is 5.83. The van der Waals surface area contributed by atoms with Crippen LogP contribution in [0.1, 0.15) is 0 Å². The van der Waals surface area contributed by atoms with Crippen LogP contribution in [0.3, 0.4) is 0 Å². The predicted octanol–water partition coefficient (Wildman–Crippen LogP) is 1.50. The fourth-order valence-electron chi connectivity index (χ4n) is 0.322. The molecule has 1 nitrogen and oxygen atoms in total. The Hall–Kier alpha value is 0.110. The van der Waals surface area contributed by atoms with Crippen molar-refractivity contribution in [1.82, 2.24) is 0 Å². The lowest BCUT2D eigenvalue weighted by atomic mass is 10.6. The van der Waals surface area contributed by atoms with Gasteiger partial charge in [0.2, 0.25) is 0 Å². The van der Waals surface area contributed by atoms with Crippen LogP contribution in [-0.4, -0.2) is 4.21 Å². The van der Waals surface area contributed by atoms with Crippen molar-refractivity contribution in [3.05, 3.63) is 21.4 Å². The monoisotopic (exact) mass is 178 g/mol. The molecule has 0 aliphatic carbocycles. The molecule has 38 valence electrons. The molecule has 1 aliphatic rings. The van der Waals surface area contributed by atoms with Crippen LogP contribution in [0.2, 0.25) is 0 Å². The highest BCUT2D eigenvalue weighted by Crippen LogP contribution is 2.14. The molecule has 1 heterocycles. The van der Waals surface area contributed by atoms with E-state index in [0.29, 0.717) is 0 Å². The SMILES string of the molecule is O=S1C=CC(Br)=C1. The molecule has 7 heavy (non-hydrogen) atoms. The minimum atomic E-state index is -0.842. The predicted molar refractivity (Wildman–Crippen MR) is 34.3 cm³/mol. The quantitative estimate of drug-likeness (QED) is 0.550. The summed E-state index contributed by atoms with van der Waals surface area (Å²) in [6, 6.07) is 0. The molecule has 3 heteroatoms. The summed E-state index contributed by atoms with van der Waals surface area (Å²) < 4.78 is 11.3. The van der Waals surface area contributed by atoms with Crippen LogP contribution >= 0.6 is 15.9 Å². The topological polar surface area (TPSA) is 17.1 Å². The van der Waals surface area contributed by atoms with Crippen molar-refractivity contribution in [3.8, 4) is 0 Å². The zero-order chi connectivity index (χ0) is 5.28. The number of hydrogen-bond acceptors (Lipinski definition) is 1. The summed E-state index contributed by atoms with van der Waals surface area (Å²) in [5, 5.41) is 3.27. The van der Waals surface area contributed by atoms with Gasteiger partial charge in [-0.1, -0.05) is 15.9 Å². The van der Waals surface area contributed by atoms with Crippen molar-refractivity contribution in [2.75, 3.05) is 0 Å². The highest BCUT2D eigenvalue weighted by molar-refractivity contribution is 9.12. The lowest BCUT2D eigenvalue weighted by Gasteiger charge is -1.70. The molecule has 0 aromatic heterocycles. The van der Waals surface area contributed by atoms with E-state index in [9.17, 15) is 4.21 Å². The van der Waals surface area contributed by atoms with Crippen LogP contribution in [0.25, 0.3) is 0 Å².